The minimum atomic E-state index is -0.376. The SMILES string of the molecule is CN(C)C(=O)c1cc2cnc(=O)[nH]c2n1C1CCCC1. The number of aromatic amines is 1. The van der Waals surface area contributed by atoms with E-state index >= 15 is 0 Å². The molecular weight excluding hydrogens is 256 g/mol. The third-order valence-electron chi connectivity index (χ3n) is 3.93. The van der Waals surface area contributed by atoms with Gasteiger partial charge in [0.05, 0.1) is 0 Å². The Labute approximate surface area is 116 Å². The Bertz CT molecular complexity index is 708. The van der Waals surface area contributed by atoms with Crippen molar-refractivity contribution in [3.63, 3.8) is 0 Å². The summed E-state index contributed by atoms with van der Waals surface area (Å²) in [5, 5.41) is 0.807. The van der Waals surface area contributed by atoms with Crippen LogP contribution in [0.15, 0.2) is 17.1 Å². The molecule has 0 saturated heterocycles. The second kappa shape index (κ2) is 4.77. The molecule has 0 unspecified atom stereocenters. The maximum atomic E-state index is 12.4. The first kappa shape index (κ1) is 12.9. The zero-order valence-corrected chi connectivity index (χ0v) is 11.7. The first-order valence-corrected chi connectivity index (χ1v) is 6.90. The summed E-state index contributed by atoms with van der Waals surface area (Å²) in [5.74, 6) is -0.0473. The second-order valence-corrected chi connectivity index (χ2v) is 5.53. The number of carbonyl (C=O) groups excluding carboxylic acids is 1. The van der Waals surface area contributed by atoms with E-state index in [0.717, 1.165) is 31.1 Å². The minimum absolute atomic E-state index is 0.0473. The van der Waals surface area contributed by atoms with Gasteiger partial charge in [0, 0.05) is 31.7 Å². The number of rotatable bonds is 2. The molecule has 2 aromatic heterocycles. The fraction of sp³-hybridized carbons (Fsp3) is 0.500. The molecule has 1 aliphatic carbocycles. The number of H-pyrrole nitrogens is 1. The van der Waals surface area contributed by atoms with Gasteiger partial charge in [-0.1, -0.05) is 12.8 Å². The van der Waals surface area contributed by atoms with Gasteiger partial charge in [-0.2, -0.15) is 0 Å². The highest BCUT2D eigenvalue weighted by Crippen LogP contribution is 2.34. The quantitative estimate of drug-likeness (QED) is 0.903. The number of fused-ring (bicyclic) bond motifs is 1. The van der Waals surface area contributed by atoms with Gasteiger partial charge in [0.15, 0.2) is 0 Å². The van der Waals surface area contributed by atoms with Crippen molar-refractivity contribution in [1.29, 1.82) is 0 Å². The maximum absolute atomic E-state index is 12.4. The fourth-order valence-electron chi connectivity index (χ4n) is 2.97. The van der Waals surface area contributed by atoms with Crippen LogP contribution < -0.4 is 5.69 Å². The Morgan fingerprint density at radius 3 is 2.75 bits per heavy atom. The molecule has 1 amide bonds. The second-order valence-electron chi connectivity index (χ2n) is 5.53. The Morgan fingerprint density at radius 2 is 2.10 bits per heavy atom. The lowest BCUT2D eigenvalue weighted by Gasteiger charge is -2.18. The number of aromatic nitrogens is 3. The number of hydrogen-bond acceptors (Lipinski definition) is 3. The summed E-state index contributed by atoms with van der Waals surface area (Å²) in [6, 6.07) is 2.10. The molecule has 2 heterocycles. The first-order chi connectivity index (χ1) is 9.58. The van der Waals surface area contributed by atoms with Crippen molar-refractivity contribution in [3.8, 4) is 0 Å². The van der Waals surface area contributed by atoms with E-state index in [-0.39, 0.29) is 17.6 Å². The lowest BCUT2D eigenvalue weighted by Crippen LogP contribution is -2.26. The third kappa shape index (κ3) is 2.01. The van der Waals surface area contributed by atoms with E-state index in [1.165, 1.54) is 6.20 Å². The molecule has 106 valence electrons. The Morgan fingerprint density at radius 1 is 1.40 bits per heavy atom. The topological polar surface area (TPSA) is 71.0 Å². The third-order valence-corrected chi connectivity index (χ3v) is 3.93. The normalized spacial score (nSPS) is 15.9. The molecule has 6 heteroatoms. The molecule has 0 atom stereocenters. The van der Waals surface area contributed by atoms with Gasteiger partial charge in [-0.05, 0) is 18.9 Å². The van der Waals surface area contributed by atoms with E-state index in [9.17, 15) is 9.59 Å². The molecule has 0 bridgehead atoms. The predicted octanol–water partition coefficient (Wildman–Crippen LogP) is 1.54. The van der Waals surface area contributed by atoms with Crippen LogP contribution in [-0.4, -0.2) is 39.4 Å². The molecular formula is C14H18N4O2. The monoisotopic (exact) mass is 274 g/mol. The number of carbonyl (C=O) groups is 1. The van der Waals surface area contributed by atoms with Crippen LogP contribution in [0.1, 0.15) is 42.2 Å². The van der Waals surface area contributed by atoms with Gasteiger partial charge >= 0.3 is 5.69 Å². The van der Waals surface area contributed by atoms with Crippen molar-refractivity contribution in [2.75, 3.05) is 14.1 Å². The molecule has 20 heavy (non-hydrogen) atoms. The molecule has 0 radical (unpaired) electrons. The van der Waals surface area contributed by atoms with E-state index < -0.39 is 0 Å². The summed E-state index contributed by atoms with van der Waals surface area (Å²) in [7, 11) is 3.47. The highest BCUT2D eigenvalue weighted by molar-refractivity contribution is 5.97. The molecule has 0 aliphatic heterocycles. The molecule has 2 aromatic rings. The zero-order chi connectivity index (χ0) is 14.3. The highest BCUT2D eigenvalue weighted by Gasteiger charge is 2.25. The van der Waals surface area contributed by atoms with Crippen LogP contribution in [0.5, 0.6) is 0 Å². The van der Waals surface area contributed by atoms with Crippen LogP contribution in [0, 0.1) is 0 Å². The number of nitrogens with one attached hydrogen (secondary N) is 1. The van der Waals surface area contributed by atoms with Crippen LogP contribution in [0.25, 0.3) is 11.0 Å². The van der Waals surface area contributed by atoms with Gasteiger partial charge < -0.3 is 9.47 Å². The molecule has 0 aromatic carbocycles. The molecule has 1 fully saturated rings. The number of hydrogen-bond donors (Lipinski definition) is 1. The van der Waals surface area contributed by atoms with Gasteiger partial charge in [-0.15, -0.1) is 0 Å². The van der Waals surface area contributed by atoms with Crippen molar-refractivity contribution in [2.45, 2.75) is 31.7 Å². The Kier molecular flexibility index (Phi) is 3.08. The van der Waals surface area contributed by atoms with E-state index in [1.807, 2.05) is 10.6 Å². The Balaban J connectivity index is 2.24. The van der Waals surface area contributed by atoms with Crippen molar-refractivity contribution < 1.29 is 4.79 Å². The fourth-order valence-corrected chi connectivity index (χ4v) is 2.97. The van der Waals surface area contributed by atoms with Gasteiger partial charge in [0.1, 0.15) is 11.3 Å². The largest absolute Gasteiger partial charge is 0.346 e. The molecule has 1 saturated carbocycles. The van der Waals surface area contributed by atoms with E-state index in [1.54, 1.807) is 19.0 Å². The zero-order valence-electron chi connectivity index (χ0n) is 11.7. The predicted molar refractivity (Wildman–Crippen MR) is 75.9 cm³/mol. The highest BCUT2D eigenvalue weighted by atomic mass is 16.2. The summed E-state index contributed by atoms with van der Waals surface area (Å²) in [5.41, 5.74) is 0.960. The average molecular weight is 274 g/mol. The molecule has 1 aliphatic rings. The number of nitrogens with zero attached hydrogens (tertiary/aromatic N) is 3. The van der Waals surface area contributed by atoms with E-state index in [4.69, 9.17) is 0 Å². The van der Waals surface area contributed by atoms with Gasteiger partial charge in [-0.25, -0.2) is 9.78 Å². The van der Waals surface area contributed by atoms with Crippen LogP contribution in [0.3, 0.4) is 0 Å². The smallest absolute Gasteiger partial charge is 0.343 e. The van der Waals surface area contributed by atoms with Crippen LogP contribution in [0.2, 0.25) is 0 Å². The van der Waals surface area contributed by atoms with Crippen LogP contribution in [0.4, 0.5) is 0 Å². The lowest BCUT2D eigenvalue weighted by molar-refractivity contribution is 0.0815. The minimum Gasteiger partial charge on any atom is -0.343 e. The van der Waals surface area contributed by atoms with Crippen molar-refractivity contribution in [2.24, 2.45) is 0 Å². The Hall–Kier alpha value is -2.11. The maximum Gasteiger partial charge on any atom is 0.346 e. The molecule has 6 nitrogen and oxygen atoms in total. The summed E-state index contributed by atoms with van der Waals surface area (Å²) in [4.78, 5) is 31.9. The first-order valence-electron chi connectivity index (χ1n) is 6.90. The average Bonchev–Trinajstić information content (AvgIpc) is 3.03. The number of amides is 1. The summed E-state index contributed by atoms with van der Waals surface area (Å²) in [6.45, 7) is 0. The van der Waals surface area contributed by atoms with Crippen LogP contribution in [-0.2, 0) is 0 Å². The lowest BCUT2D eigenvalue weighted by atomic mass is 10.2. The standard InChI is InChI=1S/C14H18N4O2/c1-17(2)13(19)11-7-9-8-15-14(20)16-12(9)18(11)10-5-3-4-6-10/h7-8,10H,3-6H2,1-2H3,(H,15,16,20). The summed E-state index contributed by atoms with van der Waals surface area (Å²) < 4.78 is 1.99. The van der Waals surface area contributed by atoms with Gasteiger partial charge in [0.25, 0.3) is 5.91 Å². The molecule has 1 N–H and O–H groups in total. The van der Waals surface area contributed by atoms with E-state index in [2.05, 4.69) is 9.97 Å². The van der Waals surface area contributed by atoms with Gasteiger partial charge in [0.2, 0.25) is 0 Å². The van der Waals surface area contributed by atoms with Crippen molar-refractivity contribution in [3.05, 3.63) is 28.4 Å². The molecule has 3 rings (SSSR count). The van der Waals surface area contributed by atoms with Crippen LogP contribution >= 0.6 is 0 Å². The summed E-state index contributed by atoms with van der Waals surface area (Å²) in [6.07, 6.45) is 5.94. The van der Waals surface area contributed by atoms with Crippen molar-refractivity contribution >= 4 is 16.9 Å². The van der Waals surface area contributed by atoms with Gasteiger partial charge in [-0.3, -0.25) is 9.78 Å². The summed E-state index contributed by atoms with van der Waals surface area (Å²) >= 11 is 0. The molecule has 0 spiro atoms. The van der Waals surface area contributed by atoms with Crippen molar-refractivity contribution in [1.82, 2.24) is 19.4 Å². The van der Waals surface area contributed by atoms with E-state index in [0.29, 0.717) is 11.3 Å².